The Kier molecular flexibility index (Phi) is 6.20. The molecule has 1 rings (SSSR count). The Bertz CT molecular complexity index is 393. The Hall–Kier alpha value is -0.350. The fourth-order valence-electron chi connectivity index (χ4n) is 1.57. The van der Waals surface area contributed by atoms with Gasteiger partial charge in [0.2, 0.25) is 0 Å². The van der Waals surface area contributed by atoms with E-state index in [1.165, 1.54) is 6.42 Å². The maximum atomic E-state index is 12.2. The van der Waals surface area contributed by atoms with Crippen LogP contribution >= 0.6 is 31.9 Å². The first-order valence-corrected chi connectivity index (χ1v) is 7.35. The van der Waals surface area contributed by atoms with Gasteiger partial charge in [-0.3, -0.25) is 4.79 Å². The minimum absolute atomic E-state index is 0.0641. The number of nitrogens with zero attached hydrogens (tertiary/aromatic N) is 1. The van der Waals surface area contributed by atoms with Gasteiger partial charge in [-0.25, -0.2) is 0 Å². The van der Waals surface area contributed by atoms with Crippen LogP contribution in [0.5, 0.6) is 0 Å². The molecule has 0 saturated heterocycles. The number of unbranched alkanes of at least 4 members (excludes halogenated alkanes) is 2. The van der Waals surface area contributed by atoms with Crippen molar-refractivity contribution < 1.29 is 4.79 Å². The first kappa shape index (κ1) is 14.7. The Morgan fingerprint density at radius 3 is 2.65 bits per heavy atom. The van der Waals surface area contributed by atoms with E-state index in [-0.39, 0.29) is 5.91 Å². The summed E-state index contributed by atoms with van der Waals surface area (Å²) in [7, 11) is 1.85. The van der Waals surface area contributed by atoms with E-state index in [0.29, 0.717) is 5.56 Å². The van der Waals surface area contributed by atoms with E-state index in [2.05, 4.69) is 38.8 Å². The molecule has 0 atom stereocenters. The lowest BCUT2D eigenvalue weighted by atomic mass is 10.2. The van der Waals surface area contributed by atoms with E-state index >= 15 is 0 Å². The van der Waals surface area contributed by atoms with Crippen molar-refractivity contribution in [3.05, 3.63) is 32.7 Å². The standard InChI is InChI=1S/C13H17Br2NO/c1-3-4-5-8-16(2)13(17)11-9-10(14)6-7-12(11)15/h6-7,9H,3-5,8H2,1-2H3. The van der Waals surface area contributed by atoms with Gasteiger partial charge >= 0.3 is 0 Å². The van der Waals surface area contributed by atoms with Gasteiger partial charge in [0.05, 0.1) is 5.56 Å². The van der Waals surface area contributed by atoms with Crippen molar-refractivity contribution in [1.29, 1.82) is 0 Å². The van der Waals surface area contributed by atoms with Gasteiger partial charge in [-0.15, -0.1) is 0 Å². The van der Waals surface area contributed by atoms with Gasteiger partial charge in [0.15, 0.2) is 0 Å². The molecule has 0 aromatic heterocycles. The average Bonchev–Trinajstić information content (AvgIpc) is 2.31. The molecule has 17 heavy (non-hydrogen) atoms. The van der Waals surface area contributed by atoms with E-state index in [9.17, 15) is 4.79 Å². The minimum atomic E-state index is 0.0641. The second kappa shape index (κ2) is 7.17. The SMILES string of the molecule is CCCCCN(C)C(=O)c1cc(Br)ccc1Br. The van der Waals surface area contributed by atoms with Crippen LogP contribution in [0.2, 0.25) is 0 Å². The fourth-order valence-corrected chi connectivity index (χ4v) is 2.34. The van der Waals surface area contributed by atoms with Crippen molar-refractivity contribution in [2.75, 3.05) is 13.6 Å². The Morgan fingerprint density at radius 1 is 1.29 bits per heavy atom. The maximum Gasteiger partial charge on any atom is 0.254 e. The van der Waals surface area contributed by atoms with Crippen molar-refractivity contribution in [2.24, 2.45) is 0 Å². The number of hydrogen-bond acceptors (Lipinski definition) is 1. The number of carbonyl (C=O) groups excluding carboxylic acids is 1. The summed E-state index contributed by atoms with van der Waals surface area (Å²) in [4.78, 5) is 14.0. The molecule has 0 fully saturated rings. The second-order valence-electron chi connectivity index (χ2n) is 4.06. The molecule has 0 radical (unpaired) electrons. The van der Waals surface area contributed by atoms with Gasteiger partial charge in [-0.1, -0.05) is 35.7 Å². The van der Waals surface area contributed by atoms with Gasteiger partial charge in [0, 0.05) is 22.5 Å². The highest BCUT2D eigenvalue weighted by atomic mass is 79.9. The highest BCUT2D eigenvalue weighted by Gasteiger charge is 2.14. The first-order chi connectivity index (χ1) is 8.06. The number of hydrogen-bond donors (Lipinski definition) is 0. The molecule has 0 bridgehead atoms. The van der Waals surface area contributed by atoms with Crippen molar-refractivity contribution in [3.8, 4) is 0 Å². The van der Waals surface area contributed by atoms with Gasteiger partial charge in [0.1, 0.15) is 0 Å². The Morgan fingerprint density at radius 2 is 2.00 bits per heavy atom. The van der Waals surface area contributed by atoms with E-state index in [4.69, 9.17) is 0 Å². The molecule has 1 amide bonds. The highest BCUT2D eigenvalue weighted by Crippen LogP contribution is 2.22. The molecule has 0 saturated carbocycles. The molecule has 0 aliphatic carbocycles. The normalized spacial score (nSPS) is 10.4. The first-order valence-electron chi connectivity index (χ1n) is 5.76. The summed E-state index contributed by atoms with van der Waals surface area (Å²) in [5.74, 6) is 0.0641. The predicted octanol–water partition coefficient (Wildman–Crippen LogP) is 4.47. The largest absolute Gasteiger partial charge is 0.342 e. The van der Waals surface area contributed by atoms with Crippen LogP contribution in [0.15, 0.2) is 27.1 Å². The lowest BCUT2D eigenvalue weighted by Crippen LogP contribution is -2.28. The van der Waals surface area contributed by atoms with Crippen LogP contribution in [0.3, 0.4) is 0 Å². The topological polar surface area (TPSA) is 20.3 Å². The molecule has 1 aromatic carbocycles. The zero-order chi connectivity index (χ0) is 12.8. The van der Waals surface area contributed by atoms with Gasteiger partial charge < -0.3 is 4.90 Å². The molecule has 0 heterocycles. The van der Waals surface area contributed by atoms with Crippen LogP contribution in [0.4, 0.5) is 0 Å². The third-order valence-electron chi connectivity index (χ3n) is 2.60. The van der Waals surface area contributed by atoms with Crippen molar-refractivity contribution in [1.82, 2.24) is 4.90 Å². The van der Waals surface area contributed by atoms with E-state index in [1.54, 1.807) is 4.90 Å². The van der Waals surface area contributed by atoms with Gasteiger partial charge in [0.25, 0.3) is 5.91 Å². The molecule has 2 nitrogen and oxygen atoms in total. The van der Waals surface area contributed by atoms with Crippen LogP contribution in [-0.4, -0.2) is 24.4 Å². The molecule has 0 aliphatic heterocycles. The lowest BCUT2D eigenvalue weighted by molar-refractivity contribution is 0.0791. The number of benzene rings is 1. The number of rotatable bonds is 5. The van der Waals surface area contributed by atoms with Crippen LogP contribution in [0.25, 0.3) is 0 Å². The van der Waals surface area contributed by atoms with Crippen LogP contribution in [0.1, 0.15) is 36.5 Å². The smallest absolute Gasteiger partial charge is 0.254 e. The molecular weight excluding hydrogens is 346 g/mol. The zero-order valence-corrected chi connectivity index (χ0v) is 13.3. The average molecular weight is 363 g/mol. The summed E-state index contributed by atoms with van der Waals surface area (Å²) in [5, 5.41) is 0. The summed E-state index contributed by atoms with van der Waals surface area (Å²) in [6.45, 7) is 2.97. The van der Waals surface area contributed by atoms with Crippen molar-refractivity contribution >= 4 is 37.8 Å². The third kappa shape index (κ3) is 4.43. The molecule has 94 valence electrons. The van der Waals surface area contributed by atoms with Crippen molar-refractivity contribution in [3.63, 3.8) is 0 Å². The summed E-state index contributed by atoms with van der Waals surface area (Å²) in [6.07, 6.45) is 3.39. The minimum Gasteiger partial charge on any atom is -0.342 e. The van der Waals surface area contributed by atoms with E-state index in [1.807, 2.05) is 25.2 Å². The van der Waals surface area contributed by atoms with E-state index in [0.717, 1.165) is 28.3 Å². The molecule has 0 spiro atoms. The molecule has 0 aliphatic rings. The van der Waals surface area contributed by atoms with E-state index < -0.39 is 0 Å². The van der Waals surface area contributed by atoms with Crippen LogP contribution < -0.4 is 0 Å². The maximum absolute atomic E-state index is 12.2. The quantitative estimate of drug-likeness (QED) is 0.707. The monoisotopic (exact) mass is 361 g/mol. The van der Waals surface area contributed by atoms with Crippen molar-refractivity contribution in [2.45, 2.75) is 26.2 Å². The summed E-state index contributed by atoms with van der Waals surface area (Å²) < 4.78 is 1.76. The molecule has 0 unspecified atom stereocenters. The second-order valence-corrected chi connectivity index (χ2v) is 5.83. The summed E-state index contributed by atoms with van der Waals surface area (Å²) in [6, 6.07) is 5.65. The highest BCUT2D eigenvalue weighted by molar-refractivity contribution is 9.11. The van der Waals surface area contributed by atoms with Gasteiger partial charge in [-0.2, -0.15) is 0 Å². The molecule has 1 aromatic rings. The Balaban J connectivity index is 2.71. The fraction of sp³-hybridized carbons (Fsp3) is 0.462. The number of carbonyl (C=O) groups is 1. The number of amides is 1. The Labute approximate surface area is 120 Å². The third-order valence-corrected chi connectivity index (χ3v) is 3.79. The number of halogens is 2. The molecule has 4 heteroatoms. The lowest BCUT2D eigenvalue weighted by Gasteiger charge is -2.18. The molecule has 0 N–H and O–H groups in total. The molecular formula is C13H17Br2NO. The predicted molar refractivity (Wildman–Crippen MR) is 78.3 cm³/mol. The van der Waals surface area contributed by atoms with Crippen LogP contribution in [-0.2, 0) is 0 Å². The summed E-state index contributed by atoms with van der Waals surface area (Å²) >= 11 is 6.80. The summed E-state index contributed by atoms with van der Waals surface area (Å²) in [5.41, 5.74) is 0.707. The zero-order valence-electron chi connectivity index (χ0n) is 10.2. The van der Waals surface area contributed by atoms with Crippen LogP contribution in [0, 0.1) is 0 Å². The van der Waals surface area contributed by atoms with Gasteiger partial charge in [-0.05, 0) is 40.5 Å².